The zero-order valence-corrected chi connectivity index (χ0v) is 12.5. The summed E-state index contributed by atoms with van der Waals surface area (Å²) in [7, 11) is -2.63. The Balaban J connectivity index is 2.78. The molecule has 0 saturated carbocycles. The third kappa shape index (κ3) is 2.40. The summed E-state index contributed by atoms with van der Waals surface area (Å²) in [5.41, 5.74) is 1.30. The van der Waals surface area contributed by atoms with Crippen molar-refractivity contribution in [3.8, 4) is 0 Å². The highest BCUT2D eigenvalue weighted by molar-refractivity contribution is 7.93. The molecule has 0 spiro atoms. The molecule has 0 aromatic heterocycles. The fourth-order valence-corrected chi connectivity index (χ4v) is 4.42. The van der Waals surface area contributed by atoms with Gasteiger partial charge in [0.05, 0.1) is 37.5 Å². The first kappa shape index (κ1) is 14.1. The fourth-order valence-electron chi connectivity index (χ4n) is 2.10. The number of allylic oxidation sites excluding steroid dienone is 1. The van der Waals surface area contributed by atoms with Crippen LogP contribution in [0.4, 0.5) is 0 Å². The van der Waals surface area contributed by atoms with Crippen LogP contribution in [0, 0.1) is 0 Å². The summed E-state index contributed by atoms with van der Waals surface area (Å²) >= 11 is 6.11. The molecule has 0 bridgehead atoms. The minimum absolute atomic E-state index is 0.271. The number of esters is 1. The summed E-state index contributed by atoms with van der Waals surface area (Å²) in [6.45, 7) is 3.65. The summed E-state index contributed by atoms with van der Waals surface area (Å²) in [5, 5.41) is 0.350. The predicted octanol–water partition coefficient (Wildman–Crippen LogP) is 3.10. The van der Waals surface area contributed by atoms with Crippen LogP contribution in [0.25, 0.3) is 5.57 Å². The fraction of sp³-hybridized carbons (Fsp3) is 0.308. The van der Waals surface area contributed by atoms with E-state index < -0.39 is 15.7 Å². The van der Waals surface area contributed by atoms with E-state index in [4.69, 9.17) is 16.3 Å². The second-order valence-electron chi connectivity index (χ2n) is 4.19. The molecule has 0 radical (unpaired) electrons. The van der Waals surface area contributed by atoms with Gasteiger partial charge in [0, 0.05) is 11.8 Å². The van der Waals surface area contributed by atoms with Gasteiger partial charge in [-0.1, -0.05) is 23.7 Å². The van der Waals surface area contributed by atoms with Gasteiger partial charge in [-0.25, -0.2) is 9.00 Å². The van der Waals surface area contributed by atoms with Crippen LogP contribution in [0.1, 0.15) is 19.4 Å². The molecule has 2 rings (SSSR count). The molecule has 1 aliphatic rings. The SMILES string of the molecule is CCOC(=O)C1=C(C)N=S(C)(=O)c2c(Cl)cccc21. The topological polar surface area (TPSA) is 55.7 Å². The molecule has 0 amide bonds. The Kier molecular flexibility index (Phi) is 3.69. The highest BCUT2D eigenvalue weighted by Gasteiger charge is 2.29. The van der Waals surface area contributed by atoms with E-state index in [0.717, 1.165) is 0 Å². The van der Waals surface area contributed by atoms with Crippen molar-refractivity contribution in [2.24, 2.45) is 4.36 Å². The maximum Gasteiger partial charge on any atom is 0.340 e. The van der Waals surface area contributed by atoms with Crippen LogP contribution in [-0.4, -0.2) is 23.0 Å². The third-order valence-electron chi connectivity index (χ3n) is 2.77. The van der Waals surface area contributed by atoms with Gasteiger partial charge in [-0.05, 0) is 19.9 Å². The average Bonchev–Trinajstić information content (AvgIpc) is 2.27. The first-order valence-electron chi connectivity index (χ1n) is 5.77. The molecule has 102 valence electrons. The largest absolute Gasteiger partial charge is 0.462 e. The normalized spacial score (nSPS) is 21.7. The van der Waals surface area contributed by atoms with Crippen LogP contribution in [0.2, 0.25) is 5.02 Å². The highest BCUT2D eigenvalue weighted by atomic mass is 35.5. The number of carbonyl (C=O) groups is 1. The van der Waals surface area contributed by atoms with Gasteiger partial charge in [0.25, 0.3) is 0 Å². The number of carbonyl (C=O) groups excluding carboxylic acids is 1. The third-order valence-corrected chi connectivity index (χ3v) is 5.01. The summed E-state index contributed by atoms with van der Waals surface area (Å²) in [6.07, 6.45) is 1.52. The smallest absolute Gasteiger partial charge is 0.340 e. The highest BCUT2D eigenvalue weighted by Crippen LogP contribution is 2.37. The molecule has 1 atom stereocenters. The quantitative estimate of drug-likeness (QED) is 0.789. The lowest BCUT2D eigenvalue weighted by Gasteiger charge is -2.20. The summed E-state index contributed by atoms with van der Waals surface area (Å²) in [4.78, 5) is 12.4. The summed E-state index contributed by atoms with van der Waals surface area (Å²) in [5.74, 6) is -0.470. The molecule has 1 aromatic rings. The van der Waals surface area contributed by atoms with Gasteiger partial charge in [-0.15, -0.1) is 0 Å². The van der Waals surface area contributed by atoms with Crippen LogP contribution >= 0.6 is 11.6 Å². The Morgan fingerprint density at radius 2 is 2.16 bits per heavy atom. The van der Waals surface area contributed by atoms with Gasteiger partial charge >= 0.3 is 5.97 Å². The van der Waals surface area contributed by atoms with E-state index >= 15 is 0 Å². The molecule has 0 aliphatic carbocycles. The number of hydrogen-bond acceptors (Lipinski definition) is 4. The summed E-state index contributed by atoms with van der Waals surface area (Å²) < 4.78 is 21.7. The first-order valence-corrected chi connectivity index (χ1v) is 8.07. The molecule has 1 aromatic carbocycles. The van der Waals surface area contributed by atoms with Crippen molar-refractivity contribution in [3.63, 3.8) is 0 Å². The van der Waals surface area contributed by atoms with E-state index in [1.54, 1.807) is 32.0 Å². The van der Waals surface area contributed by atoms with E-state index in [1.165, 1.54) is 6.26 Å². The lowest BCUT2D eigenvalue weighted by molar-refractivity contribution is -0.136. The van der Waals surface area contributed by atoms with Gasteiger partial charge in [-0.2, -0.15) is 4.36 Å². The van der Waals surface area contributed by atoms with Crippen LogP contribution in [0.3, 0.4) is 0 Å². The average molecular weight is 300 g/mol. The van der Waals surface area contributed by atoms with Crippen molar-refractivity contribution >= 4 is 32.9 Å². The number of rotatable bonds is 2. The minimum Gasteiger partial charge on any atom is -0.462 e. The summed E-state index contributed by atoms with van der Waals surface area (Å²) in [6, 6.07) is 5.08. The van der Waals surface area contributed by atoms with Crippen molar-refractivity contribution in [2.75, 3.05) is 12.9 Å². The first-order chi connectivity index (χ1) is 8.88. The molecule has 1 unspecified atom stereocenters. The number of ether oxygens (including phenoxy) is 1. The van der Waals surface area contributed by atoms with E-state index in [0.29, 0.717) is 26.8 Å². The van der Waals surface area contributed by atoms with Gasteiger partial charge in [0.15, 0.2) is 0 Å². The Hall–Kier alpha value is -1.33. The maximum absolute atomic E-state index is 12.5. The standard InChI is InChI=1S/C13H14ClNO3S/c1-4-18-13(16)11-8(2)15-19(3,17)12-9(11)6-5-7-10(12)14/h5-7H,4H2,1-3H3. The number of fused-ring (bicyclic) bond motifs is 1. The van der Waals surface area contributed by atoms with E-state index in [9.17, 15) is 9.00 Å². The van der Waals surface area contributed by atoms with E-state index in [2.05, 4.69) is 4.36 Å². The second kappa shape index (κ2) is 4.98. The Morgan fingerprint density at radius 1 is 1.47 bits per heavy atom. The zero-order chi connectivity index (χ0) is 14.2. The Labute approximate surface area is 117 Å². The minimum atomic E-state index is -2.63. The van der Waals surface area contributed by atoms with Gasteiger partial charge in [0.1, 0.15) is 0 Å². The van der Waals surface area contributed by atoms with Crippen molar-refractivity contribution < 1.29 is 13.7 Å². The Bertz CT molecular complexity index is 700. The molecule has 0 saturated heterocycles. The molecule has 1 heterocycles. The molecule has 0 N–H and O–H groups in total. The number of benzene rings is 1. The van der Waals surface area contributed by atoms with Crippen molar-refractivity contribution in [1.82, 2.24) is 0 Å². The zero-order valence-electron chi connectivity index (χ0n) is 10.9. The van der Waals surface area contributed by atoms with Gasteiger partial charge < -0.3 is 4.74 Å². The van der Waals surface area contributed by atoms with E-state index in [-0.39, 0.29) is 6.61 Å². The van der Waals surface area contributed by atoms with Gasteiger partial charge in [0.2, 0.25) is 0 Å². The van der Waals surface area contributed by atoms with Crippen molar-refractivity contribution in [2.45, 2.75) is 18.7 Å². The predicted molar refractivity (Wildman–Crippen MR) is 75.4 cm³/mol. The van der Waals surface area contributed by atoms with Crippen molar-refractivity contribution in [1.29, 1.82) is 0 Å². The number of halogens is 1. The van der Waals surface area contributed by atoms with E-state index in [1.807, 2.05) is 0 Å². The maximum atomic E-state index is 12.5. The van der Waals surface area contributed by atoms with Crippen LogP contribution in [-0.2, 0) is 19.3 Å². The number of hydrogen-bond donors (Lipinski definition) is 0. The molecule has 4 nitrogen and oxygen atoms in total. The van der Waals surface area contributed by atoms with Crippen LogP contribution in [0.15, 0.2) is 33.2 Å². The molecule has 0 fully saturated rings. The molecule has 19 heavy (non-hydrogen) atoms. The molecule has 6 heteroatoms. The monoisotopic (exact) mass is 299 g/mol. The van der Waals surface area contributed by atoms with Crippen LogP contribution < -0.4 is 0 Å². The lowest BCUT2D eigenvalue weighted by atomic mass is 10.0. The second-order valence-corrected chi connectivity index (χ2v) is 6.79. The molecular weight excluding hydrogens is 286 g/mol. The Morgan fingerprint density at radius 3 is 2.79 bits per heavy atom. The van der Waals surface area contributed by atoms with Crippen molar-refractivity contribution in [3.05, 3.63) is 34.5 Å². The van der Waals surface area contributed by atoms with Gasteiger partial charge in [-0.3, -0.25) is 0 Å². The molecule has 1 aliphatic heterocycles. The number of nitrogens with zero attached hydrogens (tertiary/aromatic N) is 1. The lowest BCUT2D eigenvalue weighted by Crippen LogP contribution is -2.15. The van der Waals surface area contributed by atoms with Crippen LogP contribution in [0.5, 0.6) is 0 Å². The molecular formula is C13H14ClNO3S.